The van der Waals surface area contributed by atoms with E-state index in [-0.39, 0.29) is 11.5 Å². The molecule has 2 aromatic carbocycles. The third-order valence-corrected chi connectivity index (χ3v) is 9.57. The predicted molar refractivity (Wildman–Crippen MR) is 128 cm³/mol. The van der Waals surface area contributed by atoms with Crippen LogP contribution in [0.25, 0.3) is 11.1 Å². The zero-order valence-corrected chi connectivity index (χ0v) is 20.4. The van der Waals surface area contributed by atoms with E-state index >= 15 is 0 Å². The van der Waals surface area contributed by atoms with Crippen LogP contribution in [0.15, 0.2) is 42.5 Å². The van der Waals surface area contributed by atoms with Crippen molar-refractivity contribution in [3.05, 3.63) is 63.6 Å². The standard InChI is InChI=1S/C24H25N3O5S2/c1-14-25-26-21(33-14)12-16-13-32-20-11-15(7-8-19(20)22(16)28)17-5-3-4-6-18(17)23(29)27-34(30,31)24(2)9-10-24/h3-8,11,16,22,28H,9-10,12-13H2,1-2H3,(H,27,29)/t16-,22+/m1/s1. The number of fused-ring (bicyclic) bond motifs is 1. The summed E-state index contributed by atoms with van der Waals surface area (Å²) in [6.45, 7) is 3.86. The molecule has 1 fully saturated rings. The van der Waals surface area contributed by atoms with Crippen LogP contribution < -0.4 is 9.46 Å². The quantitative estimate of drug-likeness (QED) is 0.533. The SMILES string of the molecule is Cc1nnc(C[C@@H]2COc3cc(-c4ccccc4C(=O)NS(=O)(=O)C4(C)CC4)ccc3[C@H]2O)s1. The van der Waals surface area contributed by atoms with Gasteiger partial charge in [0, 0.05) is 23.5 Å². The van der Waals surface area contributed by atoms with Gasteiger partial charge in [-0.05, 0) is 49.9 Å². The molecule has 0 saturated heterocycles. The first-order chi connectivity index (χ1) is 16.2. The highest BCUT2D eigenvalue weighted by molar-refractivity contribution is 7.91. The first-order valence-electron chi connectivity index (χ1n) is 11.1. The minimum atomic E-state index is -3.75. The van der Waals surface area contributed by atoms with Gasteiger partial charge in [-0.3, -0.25) is 4.79 Å². The van der Waals surface area contributed by atoms with Gasteiger partial charge in [0.1, 0.15) is 15.8 Å². The van der Waals surface area contributed by atoms with Crippen LogP contribution in [0.3, 0.4) is 0 Å². The first-order valence-corrected chi connectivity index (χ1v) is 13.4. The van der Waals surface area contributed by atoms with E-state index < -0.39 is 26.8 Å². The highest BCUT2D eigenvalue weighted by Crippen LogP contribution is 2.43. The Labute approximate surface area is 202 Å². The average Bonchev–Trinajstić information content (AvgIpc) is 3.45. The van der Waals surface area contributed by atoms with Gasteiger partial charge in [0.2, 0.25) is 10.0 Å². The van der Waals surface area contributed by atoms with E-state index in [0.29, 0.717) is 48.3 Å². The average molecular weight is 500 g/mol. The first kappa shape index (κ1) is 22.9. The van der Waals surface area contributed by atoms with Crippen LogP contribution in [-0.2, 0) is 16.4 Å². The number of amides is 1. The number of carbonyl (C=O) groups excluding carboxylic acids is 1. The summed E-state index contributed by atoms with van der Waals surface area (Å²) in [5.74, 6) is -0.254. The predicted octanol–water partition coefficient (Wildman–Crippen LogP) is 3.41. The molecule has 0 unspecified atom stereocenters. The van der Waals surface area contributed by atoms with E-state index in [4.69, 9.17) is 4.74 Å². The number of aryl methyl sites for hydroxylation is 1. The summed E-state index contributed by atoms with van der Waals surface area (Å²) < 4.78 is 32.4. The molecular formula is C24H25N3O5S2. The maximum absolute atomic E-state index is 12.9. The van der Waals surface area contributed by atoms with E-state index in [0.717, 1.165) is 10.0 Å². The number of benzene rings is 2. The van der Waals surface area contributed by atoms with Gasteiger partial charge in [0.15, 0.2) is 0 Å². The third-order valence-electron chi connectivity index (χ3n) is 6.55. The van der Waals surface area contributed by atoms with Crippen molar-refractivity contribution in [1.29, 1.82) is 0 Å². The Kier molecular flexibility index (Phi) is 5.70. The van der Waals surface area contributed by atoms with Gasteiger partial charge < -0.3 is 9.84 Å². The van der Waals surface area contributed by atoms with Crippen molar-refractivity contribution < 1.29 is 23.1 Å². The molecular weight excluding hydrogens is 474 g/mol. The molecule has 1 aliphatic heterocycles. The van der Waals surface area contributed by atoms with Crippen LogP contribution in [0.4, 0.5) is 0 Å². The second-order valence-electron chi connectivity index (χ2n) is 9.12. The van der Waals surface area contributed by atoms with Gasteiger partial charge in [-0.2, -0.15) is 0 Å². The van der Waals surface area contributed by atoms with Crippen LogP contribution in [0, 0.1) is 12.8 Å². The molecule has 3 aromatic rings. The smallest absolute Gasteiger partial charge is 0.265 e. The Bertz CT molecular complexity index is 1360. The number of hydrogen-bond acceptors (Lipinski definition) is 8. The van der Waals surface area contributed by atoms with Crippen LogP contribution >= 0.6 is 11.3 Å². The van der Waals surface area contributed by atoms with Crippen LogP contribution in [0.2, 0.25) is 0 Å². The van der Waals surface area contributed by atoms with Crippen molar-refractivity contribution >= 4 is 27.3 Å². The topological polar surface area (TPSA) is 118 Å². The molecule has 2 aliphatic rings. The Morgan fingerprint density at radius 1 is 1.24 bits per heavy atom. The Hall–Kier alpha value is -2.82. The van der Waals surface area contributed by atoms with Crippen molar-refractivity contribution in [2.45, 2.75) is 44.0 Å². The normalized spacial score (nSPS) is 20.8. The Morgan fingerprint density at radius 3 is 2.71 bits per heavy atom. The van der Waals surface area contributed by atoms with Crippen molar-refractivity contribution in [1.82, 2.24) is 14.9 Å². The fourth-order valence-electron chi connectivity index (χ4n) is 4.11. The number of carbonyl (C=O) groups is 1. The summed E-state index contributed by atoms with van der Waals surface area (Å²) >= 11 is 1.51. The Balaban J connectivity index is 1.40. The number of rotatable bonds is 6. The molecule has 2 heterocycles. The van der Waals surface area contributed by atoms with Crippen molar-refractivity contribution in [2.75, 3.05) is 6.61 Å². The molecule has 0 spiro atoms. The number of aliphatic hydroxyl groups is 1. The fraction of sp³-hybridized carbons (Fsp3) is 0.375. The second-order valence-corrected chi connectivity index (χ2v) is 12.6. The molecule has 178 valence electrons. The maximum atomic E-state index is 12.9. The van der Waals surface area contributed by atoms with E-state index in [1.165, 1.54) is 11.3 Å². The molecule has 1 aromatic heterocycles. The van der Waals surface area contributed by atoms with E-state index in [1.807, 2.05) is 13.0 Å². The van der Waals surface area contributed by atoms with Crippen LogP contribution in [-0.4, -0.2) is 41.0 Å². The lowest BCUT2D eigenvalue weighted by Crippen LogP contribution is -2.38. The number of ether oxygens (including phenoxy) is 1. The number of hydrogen-bond donors (Lipinski definition) is 2. The number of nitrogens with zero attached hydrogens (tertiary/aromatic N) is 2. The summed E-state index contributed by atoms with van der Waals surface area (Å²) in [4.78, 5) is 12.9. The molecule has 10 heteroatoms. The monoisotopic (exact) mass is 499 g/mol. The van der Waals surface area contributed by atoms with Crippen LogP contribution in [0.5, 0.6) is 5.75 Å². The number of sulfonamides is 1. The third kappa shape index (κ3) is 4.21. The minimum Gasteiger partial charge on any atom is -0.493 e. The summed E-state index contributed by atoms with van der Waals surface area (Å²) in [5.41, 5.74) is 2.22. The van der Waals surface area contributed by atoms with E-state index in [9.17, 15) is 18.3 Å². The largest absolute Gasteiger partial charge is 0.493 e. The highest BCUT2D eigenvalue weighted by Gasteiger charge is 2.51. The van der Waals surface area contributed by atoms with Crippen molar-refractivity contribution in [3.63, 3.8) is 0 Å². The molecule has 1 amide bonds. The summed E-state index contributed by atoms with van der Waals surface area (Å²) in [7, 11) is -3.75. The van der Waals surface area contributed by atoms with E-state index in [1.54, 1.807) is 43.3 Å². The lowest BCUT2D eigenvalue weighted by Gasteiger charge is -2.30. The van der Waals surface area contributed by atoms with Crippen molar-refractivity contribution in [2.24, 2.45) is 5.92 Å². The van der Waals surface area contributed by atoms with Gasteiger partial charge in [-0.1, -0.05) is 30.3 Å². The van der Waals surface area contributed by atoms with Gasteiger partial charge in [0.25, 0.3) is 5.91 Å². The molecule has 1 aliphatic carbocycles. The molecule has 8 nitrogen and oxygen atoms in total. The molecule has 2 N–H and O–H groups in total. The number of aromatic nitrogens is 2. The molecule has 5 rings (SSSR count). The van der Waals surface area contributed by atoms with Crippen molar-refractivity contribution in [3.8, 4) is 16.9 Å². The van der Waals surface area contributed by atoms with Crippen LogP contribution in [0.1, 0.15) is 51.8 Å². The van der Waals surface area contributed by atoms with E-state index in [2.05, 4.69) is 14.9 Å². The molecule has 1 saturated carbocycles. The van der Waals surface area contributed by atoms with Gasteiger partial charge in [-0.25, -0.2) is 13.1 Å². The molecule has 34 heavy (non-hydrogen) atoms. The second kappa shape index (κ2) is 8.44. The highest BCUT2D eigenvalue weighted by atomic mass is 32.2. The minimum absolute atomic E-state index is 0.141. The van der Waals surface area contributed by atoms with Gasteiger partial charge in [-0.15, -0.1) is 21.5 Å². The van der Waals surface area contributed by atoms with Gasteiger partial charge >= 0.3 is 0 Å². The fourth-order valence-corrected chi connectivity index (χ4v) is 6.15. The summed E-state index contributed by atoms with van der Waals surface area (Å²) in [5, 5.41) is 20.9. The molecule has 0 radical (unpaired) electrons. The number of nitrogens with one attached hydrogen (secondary N) is 1. The maximum Gasteiger partial charge on any atom is 0.265 e. The lowest BCUT2D eigenvalue weighted by molar-refractivity contribution is 0.0507. The molecule has 2 atom stereocenters. The number of aliphatic hydroxyl groups excluding tert-OH is 1. The zero-order valence-electron chi connectivity index (χ0n) is 18.8. The lowest BCUT2D eigenvalue weighted by atomic mass is 9.89. The summed E-state index contributed by atoms with van der Waals surface area (Å²) in [6, 6.07) is 12.2. The van der Waals surface area contributed by atoms with Gasteiger partial charge in [0.05, 0.1) is 17.5 Å². The zero-order chi connectivity index (χ0) is 24.1. The summed E-state index contributed by atoms with van der Waals surface area (Å²) in [6.07, 6.45) is 0.942. The molecule has 0 bridgehead atoms. The Morgan fingerprint density at radius 2 is 2.00 bits per heavy atom.